The van der Waals surface area contributed by atoms with Gasteiger partial charge < -0.3 is 9.68 Å². The molecule has 7 aromatic carbocycles. The Hall–Kier alpha value is -7.14. The van der Waals surface area contributed by atoms with E-state index in [2.05, 4.69) is 39.8 Å². The Kier molecular flexibility index (Phi) is 9.71. The van der Waals surface area contributed by atoms with Crippen molar-refractivity contribution < 1.29 is 9.68 Å². The Bertz CT molecular complexity index is 2430. The molecule has 4 N–H and O–H groups in total. The molecule has 7 rings (SSSR count). The maximum atomic E-state index is 11.6. The van der Waals surface area contributed by atoms with E-state index in [-0.39, 0.29) is 17.1 Å². The molecule has 0 saturated heterocycles. The van der Waals surface area contributed by atoms with Crippen molar-refractivity contribution in [3.63, 3.8) is 0 Å². The van der Waals surface area contributed by atoms with Gasteiger partial charge in [0.1, 0.15) is 28.6 Å². The lowest BCUT2D eigenvalue weighted by Gasteiger charge is -2.29. The fraction of sp³-hybridized carbons (Fsp3) is 0.0233. The highest BCUT2D eigenvalue weighted by molar-refractivity contribution is 6.15. The van der Waals surface area contributed by atoms with Crippen molar-refractivity contribution in [1.82, 2.24) is 0 Å². The lowest BCUT2D eigenvalue weighted by Crippen LogP contribution is -2.04. The van der Waals surface area contributed by atoms with E-state index in [1.54, 1.807) is 60.7 Å². The third kappa shape index (κ3) is 6.71. The fourth-order valence-electron chi connectivity index (χ4n) is 6.67. The fourth-order valence-corrected chi connectivity index (χ4v) is 6.67. The normalized spacial score (nSPS) is 10.8. The van der Waals surface area contributed by atoms with Crippen LogP contribution in [0.4, 0.5) is 17.1 Å². The Morgan fingerprint density at radius 3 is 0.755 bits per heavy atom. The zero-order chi connectivity index (χ0) is 36.9. The van der Waals surface area contributed by atoms with Crippen molar-refractivity contribution >= 4 is 17.1 Å². The SMILES string of the molecule is Cc1ccc(-c2c(-c3ccc(N=O)cc3)c(-c3ccc(N=O)cc3)c(-c3ccc(ON)cc3)c(-c3ccc(ON)cc3)c2-c2ccc(N=O)cc2)cc1. The van der Waals surface area contributed by atoms with Gasteiger partial charge in [-0.2, -0.15) is 11.8 Å². The third-order valence-corrected chi connectivity index (χ3v) is 9.18. The predicted molar refractivity (Wildman–Crippen MR) is 210 cm³/mol. The number of hydrogen-bond acceptors (Lipinski definition) is 10. The molecule has 0 atom stereocenters. The van der Waals surface area contributed by atoms with Crippen molar-refractivity contribution in [3.8, 4) is 78.3 Å². The van der Waals surface area contributed by atoms with Crippen LogP contribution in [0.15, 0.2) is 161 Å². The van der Waals surface area contributed by atoms with E-state index < -0.39 is 0 Å². The van der Waals surface area contributed by atoms with E-state index in [1.807, 2.05) is 67.6 Å². The molecular weight excluding hydrogens is 667 g/mol. The largest absolute Gasteiger partial charge is 0.412 e. The summed E-state index contributed by atoms with van der Waals surface area (Å²) in [5, 5.41) is 9.48. The average molecular weight is 698 g/mol. The second-order valence-corrected chi connectivity index (χ2v) is 12.3. The molecule has 10 nitrogen and oxygen atoms in total. The first-order valence-electron chi connectivity index (χ1n) is 16.5. The molecule has 0 heterocycles. The van der Waals surface area contributed by atoms with Crippen LogP contribution in [0.5, 0.6) is 11.5 Å². The minimum Gasteiger partial charge on any atom is -0.412 e. The first-order chi connectivity index (χ1) is 26.0. The molecule has 0 spiro atoms. The molecule has 0 amide bonds. The molecule has 0 unspecified atom stereocenters. The summed E-state index contributed by atoms with van der Waals surface area (Å²) in [6, 6.07) is 44.5. The maximum Gasteiger partial charge on any atom is 0.146 e. The van der Waals surface area contributed by atoms with Crippen LogP contribution in [0.3, 0.4) is 0 Å². The van der Waals surface area contributed by atoms with Gasteiger partial charge in [-0.1, -0.05) is 90.5 Å². The van der Waals surface area contributed by atoms with Gasteiger partial charge in [0.05, 0.1) is 0 Å². The van der Waals surface area contributed by atoms with E-state index in [4.69, 9.17) is 21.5 Å². The number of nitrogens with two attached hydrogens (primary N) is 2. The molecule has 10 heteroatoms. The van der Waals surface area contributed by atoms with Gasteiger partial charge in [0.2, 0.25) is 0 Å². The maximum absolute atomic E-state index is 11.6. The lowest BCUT2D eigenvalue weighted by molar-refractivity contribution is 0.334. The van der Waals surface area contributed by atoms with E-state index in [0.29, 0.717) is 11.5 Å². The van der Waals surface area contributed by atoms with Crippen molar-refractivity contribution in [1.29, 1.82) is 0 Å². The van der Waals surface area contributed by atoms with Gasteiger partial charge in [0, 0.05) is 0 Å². The van der Waals surface area contributed by atoms with Crippen LogP contribution < -0.4 is 21.5 Å². The van der Waals surface area contributed by atoms with Gasteiger partial charge in [-0.3, -0.25) is 0 Å². The number of rotatable bonds is 11. The predicted octanol–water partition coefficient (Wildman–Crippen LogP) is 11.7. The van der Waals surface area contributed by atoms with Gasteiger partial charge >= 0.3 is 0 Å². The summed E-state index contributed by atoms with van der Waals surface area (Å²) < 4.78 is 0. The molecule has 258 valence electrons. The molecule has 0 radical (unpaired) electrons. The standard InChI is InChI=1S/C43H31N5O5/c1-26-2-4-27(5-3-26)38-39(28-6-16-33(46-49)17-7-28)41(30-10-20-35(48-51)21-11-30)43(32-14-24-37(53-45)25-15-32)42(31-12-22-36(52-44)23-13-31)40(38)29-8-18-34(47-50)19-9-29/h2-25H,44-45H2,1H3. The minimum atomic E-state index is 0.277. The summed E-state index contributed by atoms with van der Waals surface area (Å²) in [5.74, 6) is 12.1. The summed E-state index contributed by atoms with van der Waals surface area (Å²) in [5.41, 5.74) is 12.0. The second-order valence-electron chi connectivity index (χ2n) is 12.3. The van der Waals surface area contributed by atoms with Gasteiger partial charge in [0.15, 0.2) is 0 Å². The topological polar surface area (TPSA) is 159 Å². The lowest BCUT2D eigenvalue weighted by atomic mass is 9.74. The first kappa shape index (κ1) is 34.3. The number of nitroso groups, excluding NO2 is 3. The summed E-state index contributed by atoms with van der Waals surface area (Å²) in [6.45, 7) is 2.03. The molecule has 0 fully saturated rings. The highest BCUT2D eigenvalue weighted by Crippen LogP contribution is 2.56. The molecule has 0 aliphatic rings. The summed E-state index contributed by atoms with van der Waals surface area (Å²) in [4.78, 5) is 45.0. The van der Waals surface area contributed by atoms with Gasteiger partial charge in [0.25, 0.3) is 0 Å². The monoisotopic (exact) mass is 697 g/mol. The molecule has 53 heavy (non-hydrogen) atoms. The number of hydrogen-bond donors (Lipinski definition) is 2. The van der Waals surface area contributed by atoms with E-state index in [9.17, 15) is 14.7 Å². The molecule has 0 aliphatic carbocycles. The smallest absolute Gasteiger partial charge is 0.146 e. The number of nitrogens with zero attached hydrogens (tertiary/aromatic N) is 3. The van der Waals surface area contributed by atoms with E-state index >= 15 is 0 Å². The van der Waals surface area contributed by atoms with Gasteiger partial charge in [-0.15, -0.1) is 14.7 Å². The summed E-state index contributed by atoms with van der Waals surface area (Å²) in [7, 11) is 0. The number of aryl methyl sites for hydroxylation is 1. The quantitative estimate of drug-likeness (QED) is 0.100. The van der Waals surface area contributed by atoms with Gasteiger partial charge in [-0.05, 0) is 150 Å². The van der Waals surface area contributed by atoms with E-state index in [0.717, 1.165) is 72.3 Å². The Balaban J connectivity index is 1.79. The number of benzene rings is 7. The molecular formula is C43H31N5O5. The van der Waals surface area contributed by atoms with Crippen molar-refractivity contribution in [2.75, 3.05) is 0 Å². The van der Waals surface area contributed by atoms with Crippen molar-refractivity contribution in [2.45, 2.75) is 6.92 Å². The highest BCUT2D eigenvalue weighted by atomic mass is 16.6. The summed E-state index contributed by atoms with van der Waals surface area (Å²) in [6.07, 6.45) is 0. The van der Waals surface area contributed by atoms with Crippen LogP contribution in [0, 0.1) is 21.6 Å². The molecule has 0 bridgehead atoms. The van der Waals surface area contributed by atoms with Crippen LogP contribution in [-0.2, 0) is 0 Å². The average Bonchev–Trinajstić information content (AvgIpc) is 3.23. The molecule has 0 aliphatic heterocycles. The van der Waals surface area contributed by atoms with Crippen molar-refractivity contribution in [3.05, 3.63) is 166 Å². The Morgan fingerprint density at radius 2 is 0.547 bits per heavy atom. The van der Waals surface area contributed by atoms with E-state index in [1.165, 1.54) is 0 Å². The third-order valence-electron chi connectivity index (χ3n) is 9.18. The van der Waals surface area contributed by atoms with Gasteiger partial charge in [-0.25, -0.2) is 0 Å². The Morgan fingerprint density at radius 1 is 0.340 bits per heavy atom. The highest BCUT2D eigenvalue weighted by Gasteiger charge is 2.29. The van der Waals surface area contributed by atoms with Crippen molar-refractivity contribution in [2.24, 2.45) is 27.3 Å². The van der Waals surface area contributed by atoms with Crippen LogP contribution in [0.2, 0.25) is 0 Å². The van der Waals surface area contributed by atoms with Crippen LogP contribution in [-0.4, -0.2) is 0 Å². The minimum absolute atomic E-state index is 0.277. The second kappa shape index (κ2) is 15.0. The zero-order valence-corrected chi connectivity index (χ0v) is 28.4. The Labute approximate surface area is 304 Å². The first-order valence-corrected chi connectivity index (χ1v) is 16.5. The molecule has 7 aromatic rings. The van der Waals surface area contributed by atoms with Crippen LogP contribution in [0.25, 0.3) is 66.8 Å². The molecule has 0 saturated carbocycles. The molecule has 0 aromatic heterocycles. The summed E-state index contributed by atoms with van der Waals surface area (Å²) >= 11 is 0. The zero-order valence-electron chi connectivity index (χ0n) is 28.4. The van der Waals surface area contributed by atoms with Crippen LogP contribution >= 0.6 is 0 Å². The van der Waals surface area contributed by atoms with Crippen LogP contribution in [0.1, 0.15) is 5.56 Å².